The Kier molecular flexibility index (Phi) is 4.24. The predicted octanol–water partition coefficient (Wildman–Crippen LogP) is 3.65. The average Bonchev–Trinajstić information content (AvgIpc) is 2.34. The SMILES string of the molecule is CC(O)Oc1ccc(Cc2ccc(Cl)cc2)cc1. The maximum absolute atomic E-state index is 9.10. The molecule has 0 bridgehead atoms. The molecule has 0 aliphatic carbocycles. The number of benzene rings is 2. The maximum Gasteiger partial charge on any atom is 0.194 e. The van der Waals surface area contributed by atoms with Crippen molar-refractivity contribution in [2.75, 3.05) is 0 Å². The molecule has 2 nitrogen and oxygen atoms in total. The summed E-state index contributed by atoms with van der Waals surface area (Å²) in [4.78, 5) is 0. The van der Waals surface area contributed by atoms with Crippen LogP contribution in [0.1, 0.15) is 18.1 Å². The third-order valence-corrected chi connectivity index (χ3v) is 2.80. The van der Waals surface area contributed by atoms with Gasteiger partial charge in [-0.15, -0.1) is 0 Å². The summed E-state index contributed by atoms with van der Waals surface area (Å²) in [6.07, 6.45) is 0.0682. The zero-order valence-corrected chi connectivity index (χ0v) is 10.9. The van der Waals surface area contributed by atoms with E-state index in [9.17, 15) is 0 Å². The molecule has 1 N–H and O–H groups in total. The van der Waals surface area contributed by atoms with E-state index in [0.717, 1.165) is 11.4 Å². The van der Waals surface area contributed by atoms with E-state index in [2.05, 4.69) is 0 Å². The lowest BCUT2D eigenvalue weighted by molar-refractivity contribution is -0.000301. The second-order valence-corrected chi connectivity index (χ2v) is 4.60. The second kappa shape index (κ2) is 5.89. The zero-order valence-electron chi connectivity index (χ0n) is 10.1. The van der Waals surface area contributed by atoms with Crippen molar-refractivity contribution < 1.29 is 9.84 Å². The topological polar surface area (TPSA) is 29.5 Å². The van der Waals surface area contributed by atoms with Crippen molar-refractivity contribution in [3.05, 3.63) is 64.7 Å². The summed E-state index contributed by atoms with van der Waals surface area (Å²) in [5.74, 6) is 0.671. The van der Waals surface area contributed by atoms with Crippen molar-refractivity contribution in [1.29, 1.82) is 0 Å². The first kappa shape index (κ1) is 12.9. The third-order valence-electron chi connectivity index (χ3n) is 2.55. The Hall–Kier alpha value is -1.51. The fraction of sp³-hybridized carbons (Fsp3) is 0.200. The Morgan fingerprint density at radius 3 is 2.00 bits per heavy atom. The number of aliphatic hydroxyl groups is 1. The molecule has 0 saturated heterocycles. The van der Waals surface area contributed by atoms with Crippen LogP contribution in [0.3, 0.4) is 0 Å². The molecule has 0 fully saturated rings. The summed E-state index contributed by atoms with van der Waals surface area (Å²) in [5.41, 5.74) is 2.40. The predicted molar refractivity (Wildman–Crippen MR) is 73.0 cm³/mol. The van der Waals surface area contributed by atoms with Crippen LogP contribution in [0.25, 0.3) is 0 Å². The van der Waals surface area contributed by atoms with E-state index in [-0.39, 0.29) is 0 Å². The van der Waals surface area contributed by atoms with Crippen LogP contribution in [0.5, 0.6) is 5.75 Å². The first-order valence-corrected chi connectivity index (χ1v) is 6.19. The van der Waals surface area contributed by atoms with E-state index < -0.39 is 6.29 Å². The summed E-state index contributed by atoms with van der Waals surface area (Å²) < 4.78 is 5.17. The smallest absolute Gasteiger partial charge is 0.194 e. The summed E-state index contributed by atoms with van der Waals surface area (Å²) in [6.45, 7) is 1.58. The Labute approximate surface area is 112 Å². The molecule has 0 aromatic heterocycles. The molecule has 1 atom stereocenters. The van der Waals surface area contributed by atoms with E-state index >= 15 is 0 Å². The molecule has 2 aromatic rings. The molecule has 2 aromatic carbocycles. The van der Waals surface area contributed by atoms with Gasteiger partial charge in [-0.1, -0.05) is 35.9 Å². The average molecular weight is 263 g/mol. The standard InChI is InChI=1S/C15H15ClO2/c1-11(17)18-15-8-4-13(5-9-15)10-12-2-6-14(16)7-3-12/h2-9,11,17H,10H2,1H3. The molecule has 0 amide bonds. The first-order chi connectivity index (χ1) is 8.63. The molecule has 0 spiro atoms. The zero-order chi connectivity index (χ0) is 13.0. The minimum atomic E-state index is -0.785. The van der Waals surface area contributed by atoms with Crippen molar-refractivity contribution in [3.63, 3.8) is 0 Å². The van der Waals surface area contributed by atoms with Crippen molar-refractivity contribution >= 4 is 11.6 Å². The van der Waals surface area contributed by atoms with E-state index in [4.69, 9.17) is 21.4 Å². The maximum atomic E-state index is 9.10. The van der Waals surface area contributed by atoms with Crippen LogP contribution < -0.4 is 4.74 Å². The van der Waals surface area contributed by atoms with Crippen molar-refractivity contribution in [3.8, 4) is 5.75 Å². The van der Waals surface area contributed by atoms with Crippen LogP contribution in [0.15, 0.2) is 48.5 Å². The number of hydrogen-bond acceptors (Lipinski definition) is 2. The van der Waals surface area contributed by atoms with Crippen LogP contribution in [-0.4, -0.2) is 11.4 Å². The largest absolute Gasteiger partial charge is 0.465 e. The second-order valence-electron chi connectivity index (χ2n) is 4.16. The number of hydrogen-bond donors (Lipinski definition) is 1. The highest BCUT2D eigenvalue weighted by Gasteiger charge is 2.00. The molecule has 0 radical (unpaired) electrons. The van der Waals surface area contributed by atoms with Crippen LogP contribution in [0, 0.1) is 0 Å². The Morgan fingerprint density at radius 2 is 1.50 bits per heavy atom. The third kappa shape index (κ3) is 3.76. The van der Waals surface area contributed by atoms with Crippen molar-refractivity contribution in [1.82, 2.24) is 0 Å². The van der Waals surface area contributed by atoms with Gasteiger partial charge < -0.3 is 9.84 Å². The molecule has 1 unspecified atom stereocenters. The molecular formula is C15H15ClO2. The van der Waals surface area contributed by atoms with Gasteiger partial charge in [-0.25, -0.2) is 0 Å². The van der Waals surface area contributed by atoms with E-state index in [0.29, 0.717) is 5.75 Å². The van der Waals surface area contributed by atoms with Crippen LogP contribution >= 0.6 is 11.6 Å². The molecule has 0 heterocycles. The molecule has 0 saturated carbocycles. The van der Waals surface area contributed by atoms with Gasteiger partial charge in [-0.3, -0.25) is 0 Å². The Bertz CT molecular complexity index is 489. The number of halogens is 1. The van der Waals surface area contributed by atoms with Crippen LogP contribution in [-0.2, 0) is 6.42 Å². The normalized spacial score (nSPS) is 12.2. The van der Waals surface area contributed by atoms with E-state index in [1.165, 1.54) is 11.1 Å². The molecule has 3 heteroatoms. The minimum absolute atomic E-state index is 0.671. The van der Waals surface area contributed by atoms with Gasteiger partial charge in [-0.2, -0.15) is 0 Å². The number of aliphatic hydroxyl groups excluding tert-OH is 1. The van der Waals surface area contributed by atoms with Gasteiger partial charge in [0.05, 0.1) is 0 Å². The van der Waals surface area contributed by atoms with Gasteiger partial charge in [0.25, 0.3) is 0 Å². The Balaban J connectivity index is 2.04. The lowest BCUT2D eigenvalue weighted by atomic mass is 10.1. The molecule has 2 rings (SSSR count). The van der Waals surface area contributed by atoms with Gasteiger partial charge in [0, 0.05) is 5.02 Å². The minimum Gasteiger partial charge on any atom is -0.465 e. The highest BCUT2D eigenvalue weighted by Crippen LogP contribution is 2.17. The van der Waals surface area contributed by atoms with Gasteiger partial charge >= 0.3 is 0 Å². The number of ether oxygens (including phenoxy) is 1. The highest BCUT2D eigenvalue weighted by atomic mass is 35.5. The van der Waals surface area contributed by atoms with Gasteiger partial charge in [0.1, 0.15) is 5.75 Å². The van der Waals surface area contributed by atoms with Gasteiger partial charge in [0.2, 0.25) is 0 Å². The van der Waals surface area contributed by atoms with E-state index in [1.807, 2.05) is 48.5 Å². The molecule has 94 valence electrons. The monoisotopic (exact) mass is 262 g/mol. The molecular weight excluding hydrogens is 248 g/mol. The lowest BCUT2D eigenvalue weighted by Crippen LogP contribution is -2.09. The lowest BCUT2D eigenvalue weighted by Gasteiger charge is -2.09. The first-order valence-electron chi connectivity index (χ1n) is 5.81. The highest BCUT2D eigenvalue weighted by molar-refractivity contribution is 6.30. The quantitative estimate of drug-likeness (QED) is 0.853. The van der Waals surface area contributed by atoms with E-state index in [1.54, 1.807) is 6.92 Å². The molecule has 0 aliphatic heterocycles. The van der Waals surface area contributed by atoms with Gasteiger partial charge in [-0.05, 0) is 48.7 Å². The fourth-order valence-corrected chi connectivity index (χ4v) is 1.85. The molecule has 0 aliphatic rings. The summed E-state index contributed by atoms with van der Waals surface area (Å²) in [7, 11) is 0. The Morgan fingerprint density at radius 1 is 1.00 bits per heavy atom. The summed E-state index contributed by atoms with van der Waals surface area (Å²) in [6, 6.07) is 15.5. The van der Waals surface area contributed by atoms with Crippen molar-refractivity contribution in [2.45, 2.75) is 19.6 Å². The van der Waals surface area contributed by atoms with Gasteiger partial charge in [0.15, 0.2) is 6.29 Å². The number of rotatable bonds is 4. The summed E-state index contributed by atoms with van der Waals surface area (Å²) >= 11 is 5.84. The van der Waals surface area contributed by atoms with Crippen LogP contribution in [0.2, 0.25) is 5.02 Å². The van der Waals surface area contributed by atoms with Crippen molar-refractivity contribution in [2.24, 2.45) is 0 Å². The van der Waals surface area contributed by atoms with Crippen LogP contribution in [0.4, 0.5) is 0 Å². The fourth-order valence-electron chi connectivity index (χ4n) is 1.72. The molecule has 18 heavy (non-hydrogen) atoms. The summed E-state index contributed by atoms with van der Waals surface area (Å²) in [5, 5.41) is 9.85.